The van der Waals surface area contributed by atoms with E-state index in [9.17, 15) is 15.0 Å². The smallest absolute Gasteiger partial charge is 0.246 e. The number of nitrogens with one attached hydrogen (secondary N) is 1. The van der Waals surface area contributed by atoms with E-state index in [0.29, 0.717) is 23.5 Å². The number of anilines is 1. The number of H-pyrrole nitrogens is 1. The summed E-state index contributed by atoms with van der Waals surface area (Å²) in [6.07, 6.45) is 4.36. The Kier molecular flexibility index (Phi) is 10.6. The highest BCUT2D eigenvalue weighted by Gasteiger charge is 2.25. The molecule has 176 valence electrons. The predicted molar refractivity (Wildman–Crippen MR) is 133 cm³/mol. The van der Waals surface area contributed by atoms with Gasteiger partial charge in [-0.15, -0.1) is 0 Å². The first-order valence-corrected chi connectivity index (χ1v) is 11.0. The van der Waals surface area contributed by atoms with Gasteiger partial charge in [-0.25, -0.2) is 0 Å². The molecule has 2 aromatic rings. The number of phenolic OH excluding ortho intramolecular Hbond substituents is 1. The van der Waals surface area contributed by atoms with Crippen LogP contribution in [-0.4, -0.2) is 45.7 Å². The number of hydrogen-bond donors (Lipinski definition) is 5. The first-order chi connectivity index (χ1) is 15.2. The molecule has 7 N–H and O–H groups in total. The number of aliphatic hydroxyl groups is 1. The van der Waals surface area contributed by atoms with Crippen LogP contribution in [0.3, 0.4) is 0 Å². The number of aromatic amines is 1. The summed E-state index contributed by atoms with van der Waals surface area (Å²) in [6.45, 7) is 11.4. The lowest BCUT2D eigenvalue weighted by atomic mass is 9.90. The number of aromatic hydroxyl groups is 1. The molecule has 1 aromatic heterocycles. The van der Waals surface area contributed by atoms with E-state index in [-0.39, 0.29) is 30.2 Å². The molecule has 0 aliphatic rings. The molecule has 2 rings (SSSR count). The number of aliphatic hydroxyl groups excluding tert-OH is 1. The molecule has 0 fully saturated rings. The molecule has 7 heteroatoms. The van der Waals surface area contributed by atoms with Crippen LogP contribution in [-0.2, 0) is 4.79 Å². The topological polar surface area (TPSA) is 129 Å². The predicted octanol–water partition coefficient (Wildman–Crippen LogP) is 3.98. The minimum absolute atomic E-state index is 0.0537. The zero-order valence-electron chi connectivity index (χ0n) is 19.9. The van der Waals surface area contributed by atoms with Gasteiger partial charge in [-0.2, -0.15) is 0 Å². The van der Waals surface area contributed by atoms with Gasteiger partial charge in [0.15, 0.2) is 0 Å². The van der Waals surface area contributed by atoms with Crippen LogP contribution in [0.1, 0.15) is 61.9 Å². The van der Waals surface area contributed by atoms with Crippen LogP contribution >= 0.6 is 0 Å². The average Bonchev–Trinajstić information content (AvgIpc) is 3.08. The zero-order valence-corrected chi connectivity index (χ0v) is 19.9. The molecular weight excluding hydrogens is 404 g/mol. The lowest BCUT2D eigenvalue weighted by Crippen LogP contribution is -2.39. The van der Waals surface area contributed by atoms with Gasteiger partial charge in [-0.05, 0) is 49.6 Å². The van der Waals surface area contributed by atoms with Crippen LogP contribution in [0.4, 0.5) is 5.82 Å². The lowest BCUT2D eigenvalue weighted by Gasteiger charge is -2.29. The number of carbonyl (C=O) groups excluding carboxylic acids is 1. The number of para-hydroxylation sites is 1. The SMILES string of the molecule is C=CC(=O)N(C)[C@H](CO)C[C@@H](CC)c1[nH]c(N)c(/C=C(\N)c2ccccc2O)c1C.CC. The van der Waals surface area contributed by atoms with Crippen LogP contribution in [0.5, 0.6) is 5.75 Å². The molecule has 0 aliphatic heterocycles. The third-order valence-corrected chi connectivity index (χ3v) is 5.62. The van der Waals surface area contributed by atoms with Crippen molar-refractivity contribution >= 4 is 23.5 Å². The van der Waals surface area contributed by atoms with E-state index in [2.05, 4.69) is 18.5 Å². The van der Waals surface area contributed by atoms with Crippen LogP contribution < -0.4 is 11.5 Å². The van der Waals surface area contributed by atoms with E-state index in [1.165, 1.54) is 11.0 Å². The van der Waals surface area contributed by atoms with E-state index >= 15 is 0 Å². The highest BCUT2D eigenvalue weighted by Crippen LogP contribution is 2.34. The summed E-state index contributed by atoms with van der Waals surface area (Å²) in [4.78, 5) is 16.7. The number of nitrogens with two attached hydrogens (primary N) is 2. The van der Waals surface area contributed by atoms with Crippen LogP contribution in [0, 0.1) is 6.92 Å². The number of nitrogen functional groups attached to an aromatic ring is 1. The minimum atomic E-state index is -0.338. The molecule has 1 aromatic carbocycles. The standard InChI is InChI=1S/C23H32N4O3.C2H6/c1-5-15(11-16(13-28)27(4)21(30)6-2)22-14(3)18(23(25)26-22)12-19(24)17-9-7-8-10-20(17)29;1-2/h6-10,12,15-16,26,28-29H,2,5,11,13,24-25H2,1,3-4H3;1-2H3/b19-12-;/t15-,16+;/m1./s1. The Morgan fingerprint density at radius 3 is 2.47 bits per heavy atom. The van der Waals surface area contributed by atoms with Gasteiger partial charge in [0.2, 0.25) is 5.91 Å². The van der Waals surface area contributed by atoms with Crippen molar-refractivity contribution in [2.45, 2.75) is 52.5 Å². The Hall–Kier alpha value is -3.19. The third kappa shape index (κ3) is 6.17. The summed E-state index contributed by atoms with van der Waals surface area (Å²) in [5, 5.41) is 19.9. The Morgan fingerprint density at radius 1 is 1.31 bits per heavy atom. The van der Waals surface area contributed by atoms with Crippen LogP contribution in [0.25, 0.3) is 11.8 Å². The maximum Gasteiger partial charge on any atom is 0.246 e. The number of phenols is 1. The second-order valence-corrected chi connectivity index (χ2v) is 7.44. The summed E-state index contributed by atoms with van der Waals surface area (Å²) in [5.41, 5.74) is 16.1. The quantitative estimate of drug-likeness (QED) is 0.375. The lowest BCUT2D eigenvalue weighted by molar-refractivity contribution is -0.127. The molecule has 7 nitrogen and oxygen atoms in total. The van der Waals surface area contributed by atoms with Gasteiger partial charge in [-0.3, -0.25) is 4.79 Å². The average molecular weight is 443 g/mol. The van der Waals surface area contributed by atoms with Gasteiger partial charge < -0.3 is 31.6 Å². The highest BCUT2D eigenvalue weighted by atomic mass is 16.3. The van der Waals surface area contributed by atoms with Gasteiger partial charge in [0.05, 0.1) is 12.6 Å². The summed E-state index contributed by atoms with van der Waals surface area (Å²) < 4.78 is 0. The molecule has 1 amide bonds. The molecule has 2 atom stereocenters. The molecule has 0 radical (unpaired) electrons. The number of benzene rings is 1. The van der Waals surface area contributed by atoms with Crippen molar-refractivity contribution in [1.29, 1.82) is 0 Å². The second kappa shape index (κ2) is 12.6. The minimum Gasteiger partial charge on any atom is -0.507 e. The van der Waals surface area contributed by atoms with E-state index in [0.717, 1.165) is 23.2 Å². The monoisotopic (exact) mass is 442 g/mol. The Morgan fingerprint density at radius 2 is 1.94 bits per heavy atom. The Balaban J connectivity index is 0.00000249. The van der Waals surface area contributed by atoms with Crippen LogP contribution in [0.15, 0.2) is 36.9 Å². The fraction of sp³-hybridized carbons (Fsp3) is 0.400. The van der Waals surface area contributed by atoms with Gasteiger partial charge in [0.1, 0.15) is 11.6 Å². The second-order valence-electron chi connectivity index (χ2n) is 7.44. The fourth-order valence-electron chi connectivity index (χ4n) is 3.69. The van der Waals surface area contributed by atoms with E-state index in [1.807, 2.05) is 20.8 Å². The van der Waals surface area contributed by atoms with Gasteiger partial charge in [-0.1, -0.05) is 39.5 Å². The normalized spacial score (nSPS) is 13.0. The summed E-state index contributed by atoms with van der Waals surface area (Å²) in [6, 6.07) is 6.52. The number of likely N-dealkylation sites (N-methyl/N-ethyl adjacent to an activating group) is 1. The van der Waals surface area contributed by atoms with Crippen molar-refractivity contribution in [3.05, 3.63) is 59.3 Å². The molecule has 1 heterocycles. The first kappa shape index (κ1) is 26.8. The summed E-state index contributed by atoms with van der Waals surface area (Å²) >= 11 is 0. The maximum absolute atomic E-state index is 12.0. The highest BCUT2D eigenvalue weighted by molar-refractivity contribution is 5.87. The molecule has 0 saturated heterocycles. The number of hydrogen-bond acceptors (Lipinski definition) is 5. The molecule has 32 heavy (non-hydrogen) atoms. The largest absolute Gasteiger partial charge is 0.507 e. The van der Waals surface area contributed by atoms with Crippen molar-refractivity contribution in [3.8, 4) is 5.75 Å². The van der Waals surface area contributed by atoms with Crippen molar-refractivity contribution in [2.24, 2.45) is 5.73 Å². The molecule has 0 spiro atoms. The molecular formula is C25H38N4O3. The summed E-state index contributed by atoms with van der Waals surface area (Å²) in [7, 11) is 1.66. The zero-order chi connectivity index (χ0) is 24.4. The van der Waals surface area contributed by atoms with E-state index in [4.69, 9.17) is 11.5 Å². The Bertz CT molecular complexity index is 933. The number of amides is 1. The van der Waals surface area contributed by atoms with Gasteiger partial charge in [0, 0.05) is 35.5 Å². The van der Waals surface area contributed by atoms with E-state index < -0.39 is 0 Å². The summed E-state index contributed by atoms with van der Waals surface area (Å²) in [5.74, 6) is 0.407. The third-order valence-electron chi connectivity index (χ3n) is 5.62. The molecule has 0 bridgehead atoms. The number of nitrogens with zero attached hydrogens (tertiary/aromatic N) is 1. The maximum atomic E-state index is 12.0. The number of carbonyl (C=O) groups is 1. The fourth-order valence-corrected chi connectivity index (χ4v) is 3.69. The van der Waals surface area contributed by atoms with Crippen molar-refractivity contribution in [1.82, 2.24) is 9.88 Å². The van der Waals surface area contributed by atoms with Crippen molar-refractivity contribution in [2.75, 3.05) is 19.4 Å². The molecule has 0 unspecified atom stereocenters. The first-order valence-electron chi connectivity index (χ1n) is 11.0. The van der Waals surface area contributed by atoms with E-state index in [1.54, 1.807) is 37.4 Å². The van der Waals surface area contributed by atoms with Crippen LogP contribution in [0.2, 0.25) is 0 Å². The molecule has 0 saturated carbocycles. The van der Waals surface area contributed by atoms with Gasteiger partial charge >= 0.3 is 0 Å². The number of rotatable bonds is 9. The molecule has 0 aliphatic carbocycles. The Labute approximate surface area is 191 Å². The van der Waals surface area contributed by atoms with Crippen molar-refractivity contribution < 1.29 is 15.0 Å². The van der Waals surface area contributed by atoms with Gasteiger partial charge in [0.25, 0.3) is 0 Å². The number of aromatic nitrogens is 1. The van der Waals surface area contributed by atoms with Crippen molar-refractivity contribution in [3.63, 3.8) is 0 Å².